The van der Waals surface area contributed by atoms with Crippen LogP contribution < -0.4 is 10.1 Å². The molecule has 1 atom stereocenters. The molecule has 1 saturated heterocycles. The van der Waals surface area contributed by atoms with Crippen molar-refractivity contribution in [1.82, 2.24) is 9.62 Å². The Morgan fingerprint density at radius 2 is 1.84 bits per heavy atom. The minimum Gasteiger partial charge on any atom is -0.494 e. The molecule has 0 aliphatic carbocycles. The fraction of sp³-hybridized carbons (Fsp3) is 0.480. The molecule has 1 amide bonds. The normalized spacial score (nSPS) is 16.5. The van der Waals surface area contributed by atoms with Gasteiger partial charge < -0.3 is 10.1 Å². The van der Waals surface area contributed by atoms with E-state index in [4.69, 9.17) is 4.74 Å². The quantitative estimate of drug-likeness (QED) is 0.618. The molecule has 7 heteroatoms. The molecule has 1 aliphatic rings. The van der Waals surface area contributed by atoms with Gasteiger partial charge in [0.2, 0.25) is 15.9 Å². The van der Waals surface area contributed by atoms with Crippen molar-refractivity contribution < 1.29 is 17.9 Å². The molecule has 0 saturated carbocycles. The Bertz CT molecular complexity index is 1000. The summed E-state index contributed by atoms with van der Waals surface area (Å²) in [6, 6.07) is 15.3. The summed E-state index contributed by atoms with van der Waals surface area (Å²) < 4.78 is 33.1. The Morgan fingerprint density at radius 3 is 2.47 bits per heavy atom. The molecule has 1 aliphatic heterocycles. The molecular weight excluding hydrogens is 424 g/mol. The second-order valence-corrected chi connectivity index (χ2v) is 10.4. The number of ether oxygens (including phenoxy) is 1. The van der Waals surface area contributed by atoms with Gasteiger partial charge in [-0.25, -0.2) is 8.42 Å². The highest BCUT2D eigenvalue weighted by Gasteiger charge is 2.32. The Kier molecular flexibility index (Phi) is 8.32. The van der Waals surface area contributed by atoms with Gasteiger partial charge in [-0.2, -0.15) is 4.31 Å². The summed E-state index contributed by atoms with van der Waals surface area (Å²) in [6.45, 7) is 7.01. The molecule has 3 rings (SSSR count). The van der Waals surface area contributed by atoms with Gasteiger partial charge in [-0.1, -0.05) is 30.3 Å². The topological polar surface area (TPSA) is 75.7 Å². The van der Waals surface area contributed by atoms with E-state index in [2.05, 4.69) is 17.4 Å². The SMILES string of the molecule is CCOc1ccc(S(=O)(=O)N2CCC(C(=O)N[C@@H](C)CCc3ccccc3)CC2)cc1C. The lowest BCUT2D eigenvalue weighted by Crippen LogP contribution is -2.44. The molecule has 0 radical (unpaired) electrons. The molecule has 174 valence electrons. The summed E-state index contributed by atoms with van der Waals surface area (Å²) in [7, 11) is -3.58. The molecule has 0 unspecified atom stereocenters. The standard InChI is InChI=1S/C25H34N2O4S/c1-4-31-24-13-12-23(18-19(24)2)32(29,30)27-16-14-22(15-17-27)25(28)26-20(3)10-11-21-8-6-5-7-9-21/h5-9,12-13,18,20,22H,4,10-11,14-17H2,1-3H3,(H,26,28)/t20-/m0/s1. The minimum atomic E-state index is -3.58. The maximum absolute atomic E-state index is 13.1. The first-order valence-electron chi connectivity index (χ1n) is 11.4. The molecule has 2 aromatic carbocycles. The third-order valence-corrected chi connectivity index (χ3v) is 7.90. The summed E-state index contributed by atoms with van der Waals surface area (Å²) in [5.41, 5.74) is 2.06. The van der Waals surface area contributed by atoms with E-state index in [0.717, 1.165) is 18.4 Å². The molecule has 1 heterocycles. The highest BCUT2D eigenvalue weighted by atomic mass is 32.2. The number of aryl methyl sites for hydroxylation is 2. The highest BCUT2D eigenvalue weighted by molar-refractivity contribution is 7.89. The van der Waals surface area contributed by atoms with Crippen LogP contribution in [0.4, 0.5) is 0 Å². The summed E-state index contributed by atoms with van der Waals surface area (Å²) in [5, 5.41) is 3.11. The average Bonchev–Trinajstić information content (AvgIpc) is 2.80. The van der Waals surface area contributed by atoms with Gasteiger partial charge in [0, 0.05) is 25.0 Å². The van der Waals surface area contributed by atoms with Gasteiger partial charge in [0.15, 0.2) is 0 Å². The monoisotopic (exact) mass is 458 g/mol. The lowest BCUT2D eigenvalue weighted by atomic mass is 9.96. The molecule has 0 aromatic heterocycles. The number of sulfonamides is 1. The van der Waals surface area contributed by atoms with Gasteiger partial charge in [0.05, 0.1) is 11.5 Å². The lowest BCUT2D eigenvalue weighted by molar-refractivity contribution is -0.126. The lowest BCUT2D eigenvalue weighted by Gasteiger charge is -2.31. The highest BCUT2D eigenvalue weighted by Crippen LogP contribution is 2.27. The number of nitrogens with one attached hydrogen (secondary N) is 1. The van der Waals surface area contributed by atoms with Gasteiger partial charge in [-0.05, 0) is 75.8 Å². The maximum atomic E-state index is 13.1. The largest absolute Gasteiger partial charge is 0.494 e. The van der Waals surface area contributed by atoms with Crippen molar-refractivity contribution >= 4 is 15.9 Å². The van der Waals surface area contributed by atoms with Gasteiger partial charge >= 0.3 is 0 Å². The van der Waals surface area contributed by atoms with Crippen LogP contribution in [0.3, 0.4) is 0 Å². The van der Waals surface area contributed by atoms with Crippen molar-refractivity contribution in [2.75, 3.05) is 19.7 Å². The summed E-state index contributed by atoms with van der Waals surface area (Å²) in [4.78, 5) is 13.0. The van der Waals surface area contributed by atoms with Crippen molar-refractivity contribution in [3.8, 4) is 5.75 Å². The Morgan fingerprint density at radius 1 is 1.16 bits per heavy atom. The summed E-state index contributed by atoms with van der Waals surface area (Å²) in [5.74, 6) is 0.574. The van der Waals surface area contributed by atoms with Crippen LogP contribution in [0.5, 0.6) is 5.75 Å². The van der Waals surface area contributed by atoms with E-state index in [9.17, 15) is 13.2 Å². The third kappa shape index (κ3) is 6.11. The first-order chi connectivity index (χ1) is 15.3. The van der Waals surface area contributed by atoms with Gasteiger partial charge in [0.1, 0.15) is 5.75 Å². The Balaban J connectivity index is 1.51. The zero-order chi connectivity index (χ0) is 23.1. The fourth-order valence-electron chi connectivity index (χ4n) is 4.07. The first-order valence-corrected chi connectivity index (χ1v) is 12.8. The third-order valence-electron chi connectivity index (χ3n) is 6.01. The minimum absolute atomic E-state index is 0.0273. The second-order valence-electron chi connectivity index (χ2n) is 8.47. The van der Waals surface area contributed by atoms with E-state index in [1.165, 1.54) is 9.87 Å². The van der Waals surface area contributed by atoms with Crippen molar-refractivity contribution in [2.45, 2.75) is 57.4 Å². The molecule has 1 fully saturated rings. The van der Waals surface area contributed by atoms with Crippen LogP contribution in [-0.4, -0.2) is 44.4 Å². The number of rotatable bonds is 9. The van der Waals surface area contributed by atoms with Crippen LogP contribution in [0.15, 0.2) is 53.4 Å². The Hall–Kier alpha value is -2.38. The zero-order valence-electron chi connectivity index (χ0n) is 19.2. The average molecular weight is 459 g/mol. The summed E-state index contributed by atoms with van der Waals surface area (Å²) >= 11 is 0. The number of carbonyl (C=O) groups is 1. The van der Waals surface area contributed by atoms with Crippen molar-refractivity contribution in [3.63, 3.8) is 0 Å². The predicted octanol–water partition coefficient (Wildman–Crippen LogP) is 3.93. The van der Waals surface area contributed by atoms with Gasteiger partial charge in [-0.15, -0.1) is 0 Å². The number of piperidine rings is 1. The number of hydrogen-bond acceptors (Lipinski definition) is 4. The van der Waals surface area contributed by atoms with Crippen molar-refractivity contribution in [2.24, 2.45) is 5.92 Å². The van der Waals surface area contributed by atoms with E-state index >= 15 is 0 Å². The van der Waals surface area contributed by atoms with Crippen LogP contribution in [0.25, 0.3) is 0 Å². The molecule has 6 nitrogen and oxygen atoms in total. The molecule has 0 bridgehead atoms. The fourth-order valence-corrected chi connectivity index (χ4v) is 5.62. The van der Waals surface area contributed by atoms with Crippen molar-refractivity contribution in [3.05, 3.63) is 59.7 Å². The Labute approximate surface area is 192 Å². The molecule has 0 spiro atoms. The van der Waals surface area contributed by atoms with E-state index in [-0.39, 0.29) is 22.8 Å². The maximum Gasteiger partial charge on any atom is 0.243 e. The van der Waals surface area contributed by atoms with Crippen LogP contribution in [-0.2, 0) is 21.2 Å². The molecule has 1 N–H and O–H groups in total. The number of hydrogen-bond donors (Lipinski definition) is 1. The van der Waals surface area contributed by atoms with Gasteiger partial charge in [-0.3, -0.25) is 4.79 Å². The van der Waals surface area contributed by atoms with Crippen LogP contribution in [0, 0.1) is 12.8 Å². The predicted molar refractivity (Wildman–Crippen MR) is 126 cm³/mol. The number of carbonyl (C=O) groups excluding carboxylic acids is 1. The molecule has 2 aromatic rings. The first kappa shape index (κ1) is 24.3. The number of amides is 1. The van der Waals surface area contributed by atoms with Crippen LogP contribution >= 0.6 is 0 Å². The van der Waals surface area contributed by atoms with Gasteiger partial charge in [0.25, 0.3) is 0 Å². The van der Waals surface area contributed by atoms with E-state index in [0.29, 0.717) is 38.3 Å². The second kappa shape index (κ2) is 11.0. The smallest absolute Gasteiger partial charge is 0.243 e. The zero-order valence-corrected chi connectivity index (χ0v) is 20.0. The summed E-state index contributed by atoms with van der Waals surface area (Å²) in [6.07, 6.45) is 2.86. The van der Waals surface area contributed by atoms with E-state index < -0.39 is 10.0 Å². The van der Waals surface area contributed by atoms with Crippen molar-refractivity contribution in [1.29, 1.82) is 0 Å². The van der Waals surface area contributed by atoms with E-state index in [1.807, 2.05) is 39.0 Å². The number of nitrogens with zero attached hydrogens (tertiary/aromatic N) is 1. The number of benzene rings is 2. The van der Waals surface area contributed by atoms with Crippen LogP contribution in [0.2, 0.25) is 0 Å². The molecule has 32 heavy (non-hydrogen) atoms. The van der Waals surface area contributed by atoms with Crippen LogP contribution in [0.1, 0.15) is 44.2 Å². The van der Waals surface area contributed by atoms with E-state index in [1.54, 1.807) is 18.2 Å². The molecular formula is C25H34N2O4S.